The van der Waals surface area contributed by atoms with Gasteiger partial charge in [0.25, 0.3) is 0 Å². The molecule has 1 aromatic carbocycles. The van der Waals surface area contributed by atoms with Gasteiger partial charge in [-0.1, -0.05) is 30.4 Å². The topological polar surface area (TPSA) is 23.8 Å². The Morgan fingerprint density at radius 2 is 1.86 bits per heavy atom. The Hall–Kier alpha value is -1.81. The molecular formula is C13H11N. The van der Waals surface area contributed by atoms with E-state index in [4.69, 9.17) is 5.26 Å². The molecule has 0 atom stereocenters. The molecule has 0 N–H and O–H groups in total. The summed E-state index contributed by atoms with van der Waals surface area (Å²) in [6.07, 6.45) is 8.82. The van der Waals surface area contributed by atoms with Crippen LogP contribution in [-0.2, 0) is 0 Å². The van der Waals surface area contributed by atoms with Crippen LogP contribution in [0.1, 0.15) is 24.0 Å². The predicted octanol–water partition coefficient (Wildman–Crippen LogP) is 3.29. The molecule has 1 aliphatic carbocycles. The zero-order valence-electron chi connectivity index (χ0n) is 7.90. The summed E-state index contributed by atoms with van der Waals surface area (Å²) in [6, 6.07) is 9.84. The smallest absolute Gasteiger partial charge is 0.0991 e. The average Bonchev–Trinajstić information content (AvgIpc) is 2.30. The Morgan fingerprint density at radius 3 is 2.43 bits per heavy atom. The van der Waals surface area contributed by atoms with E-state index in [1.165, 1.54) is 11.1 Å². The molecule has 0 unspecified atom stereocenters. The van der Waals surface area contributed by atoms with Gasteiger partial charge in [-0.15, -0.1) is 0 Å². The maximum Gasteiger partial charge on any atom is 0.0991 e. The molecule has 0 saturated heterocycles. The highest BCUT2D eigenvalue weighted by Crippen LogP contribution is 2.21. The molecule has 1 heteroatoms. The summed E-state index contributed by atoms with van der Waals surface area (Å²) < 4.78 is 0. The highest BCUT2D eigenvalue weighted by atomic mass is 14.2. The van der Waals surface area contributed by atoms with Gasteiger partial charge in [-0.05, 0) is 36.1 Å². The summed E-state index contributed by atoms with van der Waals surface area (Å²) in [5, 5.41) is 8.66. The maximum absolute atomic E-state index is 8.66. The van der Waals surface area contributed by atoms with Gasteiger partial charge in [0.15, 0.2) is 0 Å². The van der Waals surface area contributed by atoms with E-state index in [0.29, 0.717) is 5.56 Å². The van der Waals surface area contributed by atoms with Crippen LogP contribution in [0.2, 0.25) is 0 Å². The second kappa shape index (κ2) is 3.93. The van der Waals surface area contributed by atoms with E-state index >= 15 is 0 Å². The number of allylic oxidation sites excluding steroid dienone is 4. The van der Waals surface area contributed by atoms with Crippen molar-refractivity contribution in [3.8, 4) is 6.07 Å². The normalized spacial score (nSPS) is 14.6. The summed E-state index contributed by atoms with van der Waals surface area (Å²) in [4.78, 5) is 0. The molecule has 0 aliphatic heterocycles. The van der Waals surface area contributed by atoms with Crippen LogP contribution in [0.4, 0.5) is 0 Å². The highest BCUT2D eigenvalue weighted by Gasteiger charge is 2.00. The van der Waals surface area contributed by atoms with Crippen molar-refractivity contribution in [1.82, 2.24) is 0 Å². The van der Waals surface area contributed by atoms with Crippen LogP contribution in [0.25, 0.3) is 5.57 Å². The van der Waals surface area contributed by atoms with Gasteiger partial charge < -0.3 is 0 Å². The second-order valence-corrected chi connectivity index (χ2v) is 3.33. The first-order valence-electron chi connectivity index (χ1n) is 4.77. The van der Waals surface area contributed by atoms with Gasteiger partial charge in [0.2, 0.25) is 0 Å². The quantitative estimate of drug-likeness (QED) is 0.652. The van der Waals surface area contributed by atoms with Gasteiger partial charge in [0.1, 0.15) is 0 Å². The van der Waals surface area contributed by atoms with E-state index in [-0.39, 0.29) is 0 Å². The lowest BCUT2D eigenvalue weighted by atomic mass is 9.99. The molecule has 2 rings (SSSR count). The predicted molar refractivity (Wildman–Crippen MR) is 57.5 cm³/mol. The fourth-order valence-electron chi connectivity index (χ4n) is 1.56. The largest absolute Gasteiger partial charge is 0.192 e. The minimum absolute atomic E-state index is 0.717. The summed E-state index contributed by atoms with van der Waals surface area (Å²) >= 11 is 0. The highest BCUT2D eigenvalue weighted by molar-refractivity contribution is 5.74. The van der Waals surface area contributed by atoms with E-state index in [9.17, 15) is 0 Å². The molecule has 1 nitrogen and oxygen atoms in total. The Kier molecular flexibility index (Phi) is 2.46. The van der Waals surface area contributed by atoms with Crippen LogP contribution < -0.4 is 0 Å². The van der Waals surface area contributed by atoms with Crippen molar-refractivity contribution in [2.45, 2.75) is 12.8 Å². The number of rotatable bonds is 1. The minimum Gasteiger partial charge on any atom is -0.192 e. The van der Waals surface area contributed by atoms with E-state index in [1.807, 2.05) is 24.3 Å². The maximum atomic E-state index is 8.66. The lowest BCUT2D eigenvalue weighted by Gasteiger charge is -2.06. The third kappa shape index (κ3) is 1.75. The molecule has 0 radical (unpaired) electrons. The molecule has 1 aromatic rings. The van der Waals surface area contributed by atoms with Gasteiger partial charge in [0, 0.05) is 0 Å². The standard InChI is InChI=1S/C13H11N/c14-10-11-6-8-13(9-7-11)12-4-2-1-3-5-12/h2,4-9H,1,3H2. The van der Waals surface area contributed by atoms with Crippen molar-refractivity contribution in [3.05, 3.63) is 53.6 Å². The summed E-state index contributed by atoms with van der Waals surface area (Å²) in [5.74, 6) is 0. The third-order valence-corrected chi connectivity index (χ3v) is 2.34. The molecule has 0 heterocycles. The van der Waals surface area contributed by atoms with Crippen LogP contribution in [0.5, 0.6) is 0 Å². The van der Waals surface area contributed by atoms with E-state index < -0.39 is 0 Å². The molecular weight excluding hydrogens is 170 g/mol. The van der Waals surface area contributed by atoms with Crippen molar-refractivity contribution >= 4 is 5.57 Å². The molecule has 1 aliphatic rings. The van der Waals surface area contributed by atoms with Crippen molar-refractivity contribution in [1.29, 1.82) is 5.26 Å². The van der Waals surface area contributed by atoms with Crippen LogP contribution in [-0.4, -0.2) is 0 Å². The Balaban J connectivity index is 2.30. The first kappa shape index (κ1) is 8.77. The molecule has 0 amide bonds. The molecule has 0 saturated carbocycles. The zero-order chi connectivity index (χ0) is 9.80. The fourth-order valence-corrected chi connectivity index (χ4v) is 1.56. The summed E-state index contributed by atoms with van der Waals surface area (Å²) in [7, 11) is 0. The van der Waals surface area contributed by atoms with Crippen LogP contribution in [0.3, 0.4) is 0 Å². The monoisotopic (exact) mass is 181 g/mol. The Bertz CT molecular complexity index is 416. The van der Waals surface area contributed by atoms with Crippen LogP contribution in [0, 0.1) is 11.3 Å². The zero-order valence-corrected chi connectivity index (χ0v) is 7.90. The molecule has 68 valence electrons. The number of nitriles is 1. The lowest BCUT2D eigenvalue weighted by Crippen LogP contribution is -1.85. The first-order chi connectivity index (χ1) is 6.90. The Labute approximate surface area is 84.0 Å². The van der Waals surface area contributed by atoms with Crippen molar-refractivity contribution in [3.63, 3.8) is 0 Å². The number of hydrogen-bond donors (Lipinski definition) is 0. The van der Waals surface area contributed by atoms with E-state index in [2.05, 4.69) is 24.3 Å². The van der Waals surface area contributed by atoms with Gasteiger partial charge in [-0.3, -0.25) is 0 Å². The molecule has 0 aromatic heterocycles. The number of nitrogens with zero attached hydrogens (tertiary/aromatic N) is 1. The minimum atomic E-state index is 0.717. The number of benzene rings is 1. The van der Waals surface area contributed by atoms with Crippen molar-refractivity contribution in [2.24, 2.45) is 0 Å². The van der Waals surface area contributed by atoms with Crippen molar-refractivity contribution in [2.75, 3.05) is 0 Å². The second-order valence-electron chi connectivity index (χ2n) is 3.33. The fraction of sp³-hybridized carbons (Fsp3) is 0.154. The summed E-state index contributed by atoms with van der Waals surface area (Å²) in [5.41, 5.74) is 3.18. The molecule has 0 fully saturated rings. The van der Waals surface area contributed by atoms with Gasteiger partial charge in [-0.25, -0.2) is 0 Å². The SMILES string of the molecule is N#Cc1ccc(C2=CCCC=C2)cc1. The summed E-state index contributed by atoms with van der Waals surface area (Å²) in [6.45, 7) is 0. The third-order valence-electron chi connectivity index (χ3n) is 2.34. The first-order valence-corrected chi connectivity index (χ1v) is 4.77. The Morgan fingerprint density at radius 1 is 1.07 bits per heavy atom. The van der Waals surface area contributed by atoms with Crippen LogP contribution >= 0.6 is 0 Å². The van der Waals surface area contributed by atoms with Crippen LogP contribution in [0.15, 0.2) is 42.5 Å². The van der Waals surface area contributed by atoms with Crippen molar-refractivity contribution < 1.29 is 0 Å². The van der Waals surface area contributed by atoms with Gasteiger partial charge >= 0.3 is 0 Å². The lowest BCUT2D eigenvalue weighted by molar-refractivity contribution is 1.04. The molecule has 0 bridgehead atoms. The molecule has 14 heavy (non-hydrogen) atoms. The van der Waals surface area contributed by atoms with E-state index in [0.717, 1.165) is 12.8 Å². The average molecular weight is 181 g/mol. The van der Waals surface area contributed by atoms with E-state index in [1.54, 1.807) is 0 Å². The van der Waals surface area contributed by atoms with Gasteiger partial charge in [0.05, 0.1) is 11.6 Å². The molecule has 0 spiro atoms. The van der Waals surface area contributed by atoms with Gasteiger partial charge in [-0.2, -0.15) is 5.26 Å². The number of hydrogen-bond acceptors (Lipinski definition) is 1.